The number of nitrogens with one attached hydrogen (secondary N) is 1. The second-order valence-corrected chi connectivity index (χ2v) is 7.12. The standard InChI is InChI=1S/C17H17NO8S/c1-23-10-3-4-13(24-2)16(7-10)27(21,22)18-12-9-15-14(25-5-6-26-15)8-11(12)17(19)20/h3-4,7-9,18H,5-6H2,1-2H3,(H,19,20). The summed E-state index contributed by atoms with van der Waals surface area (Å²) >= 11 is 0. The van der Waals surface area contributed by atoms with E-state index < -0.39 is 16.0 Å². The summed E-state index contributed by atoms with van der Waals surface area (Å²) in [7, 11) is -1.46. The molecule has 0 amide bonds. The van der Waals surface area contributed by atoms with Gasteiger partial charge in [-0.25, -0.2) is 13.2 Å². The van der Waals surface area contributed by atoms with Gasteiger partial charge in [0.1, 0.15) is 29.6 Å². The van der Waals surface area contributed by atoms with Crippen molar-refractivity contribution < 1.29 is 37.3 Å². The van der Waals surface area contributed by atoms with E-state index in [-0.39, 0.29) is 46.6 Å². The van der Waals surface area contributed by atoms with Gasteiger partial charge in [0.25, 0.3) is 10.0 Å². The summed E-state index contributed by atoms with van der Waals surface area (Å²) in [6, 6.07) is 6.76. The van der Waals surface area contributed by atoms with Crippen LogP contribution in [0.25, 0.3) is 0 Å². The number of anilines is 1. The molecular weight excluding hydrogens is 378 g/mol. The topological polar surface area (TPSA) is 120 Å². The van der Waals surface area contributed by atoms with Crippen molar-refractivity contribution in [3.05, 3.63) is 35.9 Å². The number of ether oxygens (including phenoxy) is 4. The molecule has 0 radical (unpaired) electrons. The molecule has 0 spiro atoms. The number of fused-ring (bicyclic) bond motifs is 1. The zero-order chi connectivity index (χ0) is 19.6. The Morgan fingerprint density at radius 3 is 2.33 bits per heavy atom. The molecule has 1 aliphatic rings. The molecule has 0 atom stereocenters. The van der Waals surface area contributed by atoms with Gasteiger partial charge >= 0.3 is 5.97 Å². The number of benzene rings is 2. The molecule has 0 aliphatic carbocycles. The Hall–Kier alpha value is -3.14. The van der Waals surface area contributed by atoms with Gasteiger partial charge in [-0.3, -0.25) is 4.72 Å². The van der Waals surface area contributed by atoms with Gasteiger partial charge in [-0.1, -0.05) is 0 Å². The third kappa shape index (κ3) is 3.70. The van der Waals surface area contributed by atoms with Crippen molar-refractivity contribution in [1.29, 1.82) is 0 Å². The molecule has 0 fully saturated rings. The van der Waals surface area contributed by atoms with Gasteiger partial charge in [-0.15, -0.1) is 0 Å². The van der Waals surface area contributed by atoms with E-state index in [1.54, 1.807) is 6.07 Å². The van der Waals surface area contributed by atoms with Crippen LogP contribution in [-0.4, -0.2) is 46.9 Å². The first-order valence-electron chi connectivity index (χ1n) is 7.77. The van der Waals surface area contributed by atoms with E-state index in [1.165, 1.54) is 38.5 Å². The highest BCUT2D eigenvalue weighted by Gasteiger charge is 2.26. The van der Waals surface area contributed by atoms with E-state index in [2.05, 4.69) is 4.72 Å². The maximum absolute atomic E-state index is 12.9. The Morgan fingerprint density at radius 2 is 1.74 bits per heavy atom. The normalized spacial score (nSPS) is 13.0. The molecule has 0 saturated heterocycles. The third-order valence-electron chi connectivity index (χ3n) is 3.82. The highest BCUT2D eigenvalue weighted by molar-refractivity contribution is 7.92. The number of hydrogen-bond donors (Lipinski definition) is 2. The summed E-state index contributed by atoms with van der Waals surface area (Å²) in [4.78, 5) is 11.4. The largest absolute Gasteiger partial charge is 0.497 e. The van der Waals surface area contributed by atoms with Crippen molar-refractivity contribution in [1.82, 2.24) is 0 Å². The van der Waals surface area contributed by atoms with Crippen LogP contribution in [0, 0.1) is 0 Å². The minimum atomic E-state index is -4.19. The average molecular weight is 395 g/mol. The fraction of sp³-hybridized carbons (Fsp3) is 0.235. The second-order valence-electron chi connectivity index (χ2n) is 5.47. The summed E-state index contributed by atoms with van der Waals surface area (Å²) in [5.41, 5.74) is -0.429. The van der Waals surface area contributed by atoms with E-state index in [0.29, 0.717) is 5.75 Å². The Labute approximate surface area is 155 Å². The number of carboxylic acids is 1. The first-order chi connectivity index (χ1) is 12.9. The molecule has 10 heteroatoms. The molecular formula is C17H17NO8S. The third-order valence-corrected chi connectivity index (χ3v) is 5.20. The molecule has 1 heterocycles. The Balaban J connectivity index is 2.07. The highest BCUT2D eigenvalue weighted by Crippen LogP contribution is 2.37. The molecule has 3 rings (SSSR count). The molecule has 0 unspecified atom stereocenters. The summed E-state index contributed by atoms with van der Waals surface area (Å²) < 4.78 is 49.0. The van der Waals surface area contributed by atoms with E-state index in [1.807, 2.05) is 0 Å². The Kier molecular flexibility index (Phi) is 5.00. The van der Waals surface area contributed by atoms with Crippen molar-refractivity contribution in [2.75, 3.05) is 32.2 Å². The number of rotatable bonds is 6. The fourth-order valence-corrected chi connectivity index (χ4v) is 3.80. The van der Waals surface area contributed by atoms with Gasteiger partial charge in [0, 0.05) is 18.2 Å². The summed E-state index contributed by atoms with van der Waals surface area (Å²) in [5, 5.41) is 9.44. The number of aromatic carboxylic acids is 1. The maximum Gasteiger partial charge on any atom is 0.337 e. The fourth-order valence-electron chi connectivity index (χ4n) is 2.54. The van der Waals surface area contributed by atoms with Gasteiger partial charge in [0.15, 0.2) is 11.5 Å². The maximum atomic E-state index is 12.9. The van der Waals surface area contributed by atoms with Crippen LogP contribution in [0.4, 0.5) is 5.69 Å². The van der Waals surface area contributed by atoms with E-state index in [4.69, 9.17) is 18.9 Å². The lowest BCUT2D eigenvalue weighted by molar-refractivity contribution is 0.0697. The lowest BCUT2D eigenvalue weighted by Crippen LogP contribution is -2.19. The van der Waals surface area contributed by atoms with Gasteiger partial charge < -0.3 is 24.1 Å². The zero-order valence-corrected chi connectivity index (χ0v) is 15.3. The lowest BCUT2D eigenvalue weighted by atomic mass is 10.1. The molecule has 2 aromatic rings. The SMILES string of the molecule is COc1ccc(OC)c(S(=O)(=O)Nc2cc3c(cc2C(=O)O)OCCO3)c1. The van der Waals surface area contributed by atoms with Crippen LogP contribution in [0.5, 0.6) is 23.0 Å². The molecule has 9 nitrogen and oxygen atoms in total. The monoisotopic (exact) mass is 395 g/mol. The average Bonchev–Trinajstić information content (AvgIpc) is 2.66. The predicted octanol–water partition coefficient (Wildman–Crippen LogP) is 1.97. The number of sulfonamides is 1. The lowest BCUT2D eigenvalue weighted by Gasteiger charge is -2.21. The molecule has 2 N–H and O–H groups in total. The first kappa shape index (κ1) is 18.6. The number of carboxylic acid groups (broad SMARTS) is 1. The van der Waals surface area contributed by atoms with E-state index in [9.17, 15) is 18.3 Å². The minimum absolute atomic E-state index is 0.0812. The summed E-state index contributed by atoms with van der Waals surface area (Å²) in [6.07, 6.45) is 0. The zero-order valence-electron chi connectivity index (χ0n) is 14.5. The first-order valence-corrected chi connectivity index (χ1v) is 9.26. The van der Waals surface area contributed by atoms with Crippen molar-refractivity contribution in [2.24, 2.45) is 0 Å². The minimum Gasteiger partial charge on any atom is -0.497 e. The van der Waals surface area contributed by atoms with Gasteiger partial charge in [0.05, 0.1) is 25.5 Å². The number of carbonyl (C=O) groups is 1. The van der Waals surface area contributed by atoms with Crippen molar-refractivity contribution in [2.45, 2.75) is 4.90 Å². The van der Waals surface area contributed by atoms with Crippen LogP contribution in [0.3, 0.4) is 0 Å². The molecule has 2 aromatic carbocycles. The van der Waals surface area contributed by atoms with Gasteiger partial charge in [0.2, 0.25) is 0 Å². The van der Waals surface area contributed by atoms with Crippen LogP contribution in [0.2, 0.25) is 0 Å². The highest BCUT2D eigenvalue weighted by atomic mass is 32.2. The van der Waals surface area contributed by atoms with Crippen LogP contribution < -0.4 is 23.7 Å². The molecule has 0 bridgehead atoms. The van der Waals surface area contributed by atoms with Crippen molar-refractivity contribution in [3.8, 4) is 23.0 Å². The molecule has 144 valence electrons. The Morgan fingerprint density at radius 1 is 1.07 bits per heavy atom. The predicted molar refractivity (Wildman–Crippen MR) is 94.7 cm³/mol. The molecule has 0 aromatic heterocycles. The second kappa shape index (κ2) is 7.23. The van der Waals surface area contributed by atoms with E-state index in [0.717, 1.165) is 0 Å². The summed E-state index contributed by atoms with van der Waals surface area (Å²) in [6.45, 7) is 0.549. The van der Waals surface area contributed by atoms with E-state index >= 15 is 0 Å². The number of methoxy groups -OCH3 is 2. The van der Waals surface area contributed by atoms with Crippen LogP contribution in [0.1, 0.15) is 10.4 Å². The van der Waals surface area contributed by atoms with Gasteiger partial charge in [-0.05, 0) is 12.1 Å². The summed E-state index contributed by atoms with van der Waals surface area (Å²) in [5.74, 6) is -0.445. The van der Waals surface area contributed by atoms with Gasteiger partial charge in [-0.2, -0.15) is 0 Å². The van der Waals surface area contributed by atoms with Crippen molar-refractivity contribution in [3.63, 3.8) is 0 Å². The quantitative estimate of drug-likeness (QED) is 0.762. The Bertz CT molecular complexity index is 987. The molecule has 0 saturated carbocycles. The van der Waals surface area contributed by atoms with Crippen LogP contribution in [0.15, 0.2) is 35.2 Å². The molecule has 1 aliphatic heterocycles. The van der Waals surface area contributed by atoms with Crippen LogP contribution >= 0.6 is 0 Å². The van der Waals surface area contributed by atoms with Crippen LogP contribution in [-0.2, 0) is 10.0 Å². The van der Waals surface area contributed by atoms with Crippen molar-refractivity contribution >= 4 is 21.7 Å². The molecule has 27 heavy (non-hydrogen) atoms. The number of hydrogen-bond acceptors (Lipinski definition) is 7. The smallest absolute Gasteiger partial charge is 0.337 e.